The van der Waals surface area contributed by atoms with Gasteiger partial charge in [-0.05, 0) is 13.0 Å². The van der Waals surface area contributed by atoms with Gasteiger partial charge in [0.1, 0.15) is 0 Å². The number of halogens is 1. The highest BCUT2D eigenvalue weighted by atomic mass is 35.5. The molecule has 0 saturated heterocycles. The molecule has 0 unspecified atom stereocenters. The van der Waals surface area contributed by atoms with Gasteiger partial charge in [-0.25, -0.2) is 0 Å². The van der Waals surface area contributed by atoms with Crippen molar-refractivity contribution in [3.8, 4) is 0 Å². The van der Waals surface area contributed by atoms with E-state index in [1.165, 1.54) is 6.07 Å². The van der Waals surface area contributed by atoms with Crippen LogP contribution in [0.4, 0.5) is 0 Å². The maximum atomic E-state index is 9.00. The van der Waals surface area contributed by atoms with Gasteiger partial charge in [-0.2, -0.15) is 4.73 Å². The predicted octanol–water partition coefficient (Wildman–Crippen LogP) is 1.17. The van der Waals surface area contributed by atoms with Crippen LogP contribution < -0.4 is 5.49 Å². The lowest BCUT2D eigenvalue weighted by atomic mass is 10.4. The van der Waals surface area contributed by atoms with Crippen molar-refractivity contribution in [1.29, 1.82) is 5.41 Å². The van der Waals surface area contributed by atoms with Crippen molar-refractivity contribution >= 4 is 11.6 Å². The van der Waals surface area contributed by atoms with Gasteiger partial charge in [0.15, 0.2) is 5.49 Å². The molecule has 4 heteroatoms. The highest BCUT2D eigenvalue weighted by Gasteiger charge is 1.95. The molecule has 3 nitrogen and oxygen atoms in total. The second-order valence-corrected chi connectivity index (χ2v) is 2.45. The van der Waals surface area contributed by atoms with Gasteiger partial charge in [0.25, 0.3) is 0 Å². The van der Waals surface area contributed by atoms with Crippen molar-refractivity contribution in [2.75, 3.05) is 0 Å². The van der Waals surface area contributed by atoms with Crippen LogP contribution in [0.3, 0.4) is 0 Å². The maximum Gasteiger partial charge on any atom is 0.162 e. The second-order valence-electron chi connectivity index (χ2n) is 2.01. The summed E-state index contributed by atoms with van der Waals surface area (Å²) in [5.41, 5.74) is 0.544. The summed E-state index contributed by atoms with van der Waals surface area (Å²) in [6.07, 6.45) is 0. The van der Waals surface area contributed by atoms with Gasteiger partial charge in [0.05, 0.1) is 5.69 Å². The molecule has 0 fully saturated rings. The molecule has 0 bridgehead atoms. The zero-order valence-electron chi connectivity index (χ0n) is 5.43. The Balaban J connectivity index is 3.46. The third-order valence-corrected chi connectivity index (χ3v) is 1.40. The number of aryl methyl sites for hydroxylation is 1. The summed E-state index contributed by atoms with van der Waals surface area (Å²) in [6, 6.07) is 2.95. The molecule has 0 aromatic carbocycles. The summed E-state index contributed by atoms with van der Waals surface area (Å²) in [4.78, 5) is 0. The molecule has 10 heavy (non-hydrogen) atoms. The fourth-order valence-electron chi connectivity index (χ4n) is 0.684. The van der Waals surface area contributed by atoms with Gasteiger partial charge in [-0.15, -0.1) is 0 Å². The molecule has 0 radical (unpaired) electrons. The molecule has 0 spiro atoms. The Morgan fingerprint density at radius 1 is 1.60 bits per heavy atom. The SMILES string of the molecule is Cc1cc(Cl)cc(=N)n1O. The standard InChI is InChI=1S/C6H7ClN2O/c1-4-2-5(7)3-6(8)9(4)10/h2-3,8,10H,1H3. The summed E-state index contributed by atoms with van der Waals surface area (Å²) in [7, 11) is 0. The monoisotopic (exact) mass is 158 g/mol. The number of pyridine rings is 1. The van der Waals surface area contributed by atoms with Gasteiger partial charge in [-0.3, -0.25) is 5.41 Å². The fourth-order valence-corrected chi connectivity index (χ4v) is 0.945. The van der Waals surface area contributed by atoms with Crippen molar-refractivity contribution < 1.29 is 5.21 Å². The topological polar surface area (TPSA) is 49.0 Å². The minimum Gasteiger partial charge on any atom is -0.427 e. The van der Waals surface area contributed by atoms with Crippen molar-refractivity contribution in [1.82, 2.24) is 4.73 Å². The van der Waals surface area contributed by atoms with Crippen LogP contribution in [0, 0.1) is 12.3 Å². The Labute approximate surface area is 63.0 Å². The predicted molar refractivity (Wildman–Crippen MR) is 37.2 cm³/mol. The van der Waals surface area contributed by atoms with Gasteiger partial charge >= 0.3 is 0 Å². The van der Waals surface area contributed by atoms with E-state index in [9.17, 15) is 0 Å². The van der Waals surface area contributed by atoms with Crippen LogP contribution >= 0.6 is 11.6 Å². The summed E-state index contributed by atoms with van der Waals surface area (Å²) < 4.78 is 0.770. The highest BCUT2D eigenvalue weighted by molar-refractivity contribution is 6.30. The molecule has 0 aliphatic rings. The fraction of sp³-hybridized carbons (Fsp3) is 0.167. The highest BCUT2D eigenvalue weighted by Crippen LogP contribution is 2.04. The third kappa shape index (κ3) is 1.14. The van der Waals surface area contributed by atoms with Crippen LogP contribution in [0.1, 0.15) is 5.69 Å². The molecule has 0 amide bonds. The van der Waals surface area contributed by atoms with Crippen molar-refractivity contribution in [3.05, 3.63) is 28.3 Å². The van der Waals surface area contributed by atoms with Crippen LogP contribution in [-0.2, 0) is 0 Å². The molecule has 1 aromatic heterocycles. The van der Waals surface area contributed by atoms with E-state index in [2.05, 4.69) is 0 Å². The van der Waals surface area contributed by atoms with Gasteiger partial charge in [-0.1, -0.05) is 11.6 Å². The van der Waals surface area contributed by atoms with E-state index in [1.807, 2.05) is 0 Å². The molecule has 1 aromatic rings. The van der Waals surface area contributed by atoms with Crippen molar-refractivity contribution in [3.63, 3.8) is 0 Å². The first-order valence-electron chi connectivity index (χ1n) is 2.74. The Kier molecular flexibility index (Phi) is 1.68. The molecule has 1 heterocycles. The summed E-state index contributed by atoms with van der Waals surface area (Å²) >= 11 is 5.58. The zero-order valence-corrected chi connectivity index (χ0v) is 6.18. The van der Waals surface area contributed by atoms with E-state index >= 15 is 0 Å². The van der Waals surface area contributed by atoms with Crippen molar-refractivity contribution in [2.24, 2.45) is 0 Å². The quantitative estimate of drug-likeness (QED) is 0.547. The first-order valence-corrected chi connectivity index (χ1v) is 3.12. The average Bonchev–Trinajstić information content (AvgIpc) is 1.82. The van der Waals surface area contributed by atoms with Crippen LogP contribution in [0.2, 0.25) is 5.02 Å². The molecular formula is C6H7ClN2O. The maximum absolute atomic E-state index is 9.00. The molecule has 0 aliphatic carbocycles. The van der Waals surface area contributed by atoms with Crippen LogP contribution in [0.25, 0.3) is 0 Å². The lowest BCUT2D eigenvalue weighted by molar-refractivity contribution is 0.164. The lowest BCUT2D eigenvalue weighted by Gasteiger charge is -2.01. The molecular weight excluding hydrogens is 152 g/mol. The normalized spacial score (nSPS) is 9.80. The Morgan fingerprint density at radius 2 is 2.20 bits per heavy atom. The minimum atomic E-state index is -0.00926. The number of nitrogens with one attached hydrogen (secondary N) is 1. The number of hydrogen-bond donors (Lipinski definition) is 2. The first kappa shape index (κ1) is 7.15. The first-order chi connectivity index (χ1) is 4.61. The van der Waals surface area contributed by atoms with Crippen LogP contribution in [0.5, 0.6) is 0 Å². The Morgan fingerprint density at radius 3 is 2.70 bits per heavy atom. The lowest BCUT2D eigenvalue weighted by Crippen LogP contribution is -2.18. The second kappa shape index (κ2) is 2.34. The Hall–Kier alpha value is -0.960. The summed E-state index contributed by atoms with van der Waals surface area (Å²) in [6.45, 7) is 1.67. The van der Waals surface area contributed by atoms with Gasteiger partial charge in [0.2, 0.25) is 0 Å². The van der Waals surface area contributed by atoms with Gasteiger partial charge in [0, 0.05) is 11.1 Å². The molecule has 54 valence electrons. The largest absolute Gasteiger partial charge is 0.427 e. The van der Waals surface area contributed by atoms with Gasteiger partial charge < -0.3 is 5.21 Å². The van der Waals surface area contributed by atoms with E-state index in [4.69, 9.17) is 22.2 Å². The number of nitrogens with zero attached hydrogens (tertiary/aromatic N) is 1. The number of rotatable bonds is 0. The zero-order chi connectivity index (χ0) is 7.72. The summed E-state index contributed by atoms with van der Waals surface area (Å²) in [5, 5.41) is 16.6. The number of hydrogen-bond acceptors (Lipinski definition) is 2. The third-order valence-electron chi connectivity index (χ3n) is 1.18. The molecule has 1 rings (SSSR count). The number of aromatic nitrogens is 1. The van der Waals surface area contributed by atoms with E-state index in [0.29, 0.717) is 10.7 Å². The average molecular weight is 159 g/mol. The molecule has 2 N–H and O–H groups in total. The van der Waals surface area contributed by atoms with Crippen LogP contribution in [0.15, 0.2) is 12.1 Å². The molecule has 0 saturated carbocycles. The van der Waals surface area contributed by atoms with E-state index in [1.54, 1.807) is 13.0 Å². The van der Waals surface area contributed by atoms with E-state index < -0.39 is 0 Å². The van der Waals surface area contributed by atoms with Crippen molar-refractivity contribution in [2.45, 2.75) is 6.92 Å². The minimum absolute atomic E-state index is 0.00926. The smallest absolute Gasteiger partial charge is 0.162 e. The van der Waals surface area contributed by atoms with Crippen LogP contribution in [-0.4, -0.2) is 9.94 Å². The Bertz CT molecular complexity index is 305. The van der Waals surface area contributed by atoms with E-state index in [0.717, 1.165) is 4.73 Å². The molecule has 0 atom stereocenters. The molecule has 0 aliphatic heterocycles. The van der Waals surface area contributed by atoms with E-state index in [-0.39, 0.29) is 5.49 Å². The summed E-state index contributed by atoms with van der Waals surface area (Å²) in [5.74, 6) is 0.